The van der Waals surface area contributed by atoms with Gasteiger partial charge in [-0.15, -0.1) is 0 Å². The van der Waals surface area contributed by atoms with Crippen molar-refractivity contribution >= 4 is 5.91 Å². The minimum atomic E-state index is -1.98. The Kier molecular flexibility index (Phi) is 43.0. The fraction of sp³-hybridized carbons (Fsp3) is 0.922. The van der Waals surface area contributed by atoms with Gasteiger partial charge < -0.3 is 89.9 Å². The quantitative estimate of drug-likeness (QED) is 0.0207. The van der Waals surface area contributed by atoms with Gasteiger partial charge in [0.1, 0.15) is 73.2 Å². The molecular formula is C64H119NO18. The first-order chi connectivity index (χ1) is 40.3. The second kappa shape index (κ2) is 47.3. The maximum atomic E-state index is 13.4. The van der Waals surface area contributed by atoms with Crippen molar-refractivity contribution in [2.24, 2.45) is 0 Å². The van der Waals surface area contributed by atoms with Crippen LogP contribution in [0.3, 0.4) is 0 Å². The zero-order chi connectivity index (χ0) is 60.5. The van der Waals surface area contributed by atoms with Gasteiger partial charge in [-0.1, -0.05) is 218 Å². The third kappa shape index (κ3) is 30.4. The molecule has 0 aliphatic carbocycles. The summed E-state index contributed by atoms with van der Waals surface area (Å²) in [6, 6.07) is -0.975. The fourth-order valence-electron chi connectivity index (χ4n) is 11.3. The van der Waals surface area contributed by atoms with E-state index in [1.165, 1.54) is 154 Å². The number of nitrogens with one attached hydrogen (secondary N) is 1. The third-order valence-electron chi connectivity index (χ3n) is 16.7. The van der Waals surface area contributed by atoms with Crippen LogP contribution in [0.2, 0.25) is 0 Å². The van der Waals surface area contributed by atoms with E-state index >= 15 is 0 Å². The van der Waals surface area contributed by atoms with Crippen molar-refractivity contribution in [1.82, 2.24) is 5.32 Å². The molecule has 488 valence electrons. The molecule has 12 N–H and O–H groups in total. The molecule has 1 amide bonds. The Hall–Kier alpha value is -1.73. The first-order valence-corrected chi connectivity index (χ1v) is 33.1. The normalized spacial score (nSPS) is 29.5. The van der Waals surface area contributed by atoms with Gasteiger partial charge >= 0.3 is 0 Å². The second-order valence-corrected chi connectivity index (χ2v) is 23.9. The van der Waals surface area contributed by atoms with E-state index in [0.717, 1.165) is 64.2 Å². The zero-order valence-electron chi connectivity index (χ0n) is 51.2. The van der Waals surface area contributed by atoms with E-state index < -0.39 is 124 Å². The number of carbonyl (C=O) groups is 1. The van der Waals surface area contributed by atoms with E-state index in [-0.39, 0.29) is 18.9 Å². The van der Waals surface area contributed by atoms with Crippen LogP contribution in [0.15, 0.2) is 24.3 Å². The van der Waals surface area contributed by atoms with E-state index in [1.54, 1.807) is 6.08 Å². The molecule has 83 heavy (non-hydrogen) atoms. The number of unbranched alkanes of at least 4 members (excludes halogenated alkanes) is 32. The molecule has 3 rings (SSSR count). The molecule has 0 spiro atoms. The Bertz CT molecular complexity index is 1610. The van der Waals surface area contributed by atoms with E-state index in [2.05, 4.69) is 31.3 Å². The van der Waals surface area contributed by atoms with Crippen molar-refractivity contribution in [3.8, 4) is 0 Å². The van der Waals surface area contributed by atoms with Crippen molar-refractivity contribution < 1.29 is 89.4 Å². The molecule has 17 atom stereocenters. The van der Waals surface area contributed by atoms with Crippen LogP contribution in [0, 0.1) is 0 Å². The van der Waals surface area contributed by atoms with Gasteiger partial charge in [-0.2, -0.15) is 0 Å². The van der Waals surface area contributed by atoms with Gasteiger partial charge in [-0.3, -0.25) is 4.79 Å². The molecule has 19 heteroatoms. The van der Waals surface area contributed by atoms with Gasteiger partial charge in [0, 0.05) is 6.42 Å². The van der Waals surface area contributed by atoms with Gasteiger partial charge in [0.05, 0.1) is 38.6 Å². The van der Waals surface area contributed by atoms with Crippen LogP contribution in [0.4, 0.5) is 0 Å². The molecule has 17 unspecified atom stereocenters. The lowest BCUT2D eigenvalue weighted by Gasteiger charge is -2.48. The van der Waals surface area contributed by atoms with Crippen LogP contribution >= 0.6 is 0 Å². The number of rotatable bonds is 50. The average Bonchev–Trinajstić information content (AvgIpc) is 3.25. The van der Waals surface area contributed by atoms with Gasteiger partial charge in [0.15, 0.2) is 18.9 Å². The van der Waals surface area contributed by atoms with Gasteiger partial charge in [-0.25, -0.2) is 0 Å². The fourth-order valence-corrected chi connectivity index (χ4v) is 11.3. The topological polar surface area (TPSA) is 307 Å². The lowest BCUT2D eigenvalue weighted by atomic mass is 9.96. The minimum Gasteiger partial charge on any atom is -0.394 e. The number of amides is 1. The molecule has 0 aromatic heterocycles. The van der Waals surface area contributed by atoms with Crippen molar-refractivity contribution in [2.45, 2.75) is 349 Å². The maximum Gasteiger partial charge on any atom is 0.220 e. The van der Waals surface area contributed by atoms with E-state index in [9.17, 15) is 61.0 Å². The minimum absolute atomic E-state index is 0.235. The summed E-state index contributed by atoms with van der Waals surface area (Å²) in [4.78, 5) is 13.4. The monoisotopic (exact) mass is 1190 g/mol. The summed E-state index contributed by atoms with van der Waals surface area (Å²) in [7, 11) is 0. The van der Waals surface area contributed by atoms with Crippen LogP contribution < -0.4 is 5.32 Å². The highest BCUT2D eigenvalue weighted by Crippen LogP contribution is 2.33. The zero-order valence-corrected chi connectivity index (χ0v) is 51.2. The largest absolute Gasteiger partial charge is 0.394 e. The highest BCUT2D eigenvalue weighted by molar-refractivity contribution is 5.76. The smallest absolute Gasteiger partial charge is 0.220 e. The SMILES string of the molecule is CCCCCCCCC/C=C\CCCCCCCC(=O)NC(COC1OC(CO)C(OC2OC(CO)C(OC3OC(CO)C(O)C(O)C3O)C(O)C2O)C(O)C1O)C(O)/C=C/CCCCCCCCCCCCCCCCCCCCCC. The highest BCUT2D eigenvalue weighted by Gasteiger charge is 2.53. The first kappa shape index (κ1) is 75.5. The Morgan fingerprint density at radius 3 is 1.17 bits per heavy atom. The Morgan fingerprint density at radius 2 is 0.759 bits per heavy atom. The van der Waals surface area contributed by atoms with Crippen LogP contribution in [-0.4, -0.2) is 193 Å². The molecule has 19 nitrogen and oxygen atoms in total. The molecule has 3 saturated heterocycles. The molecule has 3 aliphatic rings. The van der Waals surface area contributed by atoms with E-state index in [0.29, 0.717) is 6.42 Å². The number of allylic oxidation sites excluding steroid dienone is 3. The van der Waals surface area contributed by atoms with Crippen LogP contribution in [0.25, 0.3) is 0 Å². The molecule has 0 saturated carbocycles. The maximum absolute atomic E-state index is 13.4. The first-order valence-electron chi connectivity index (χ1n) is 33.1. The van der Waals surface area contributed by atoms with Crippen LogP contribution in [0.1, 0.15) is 245 Å². The molecule has 3 aliphatic heterocycles. The summed E-state index contributed by atoms with van der Waals surface area (Å²) < 4.78 is 34.3. The predicted octanol–water partition coefficient (Wildman–Crippen LogP) is 7.49. The van der Waals surface area contributed by atoms with Crippen molar-refractivity contribution in [3.05, 3.63) is 24.3 Å². The molecule has 0 aromatic carbocycles. The molecule has 3 heterocycles. The van der Waals surface area contributed by atoms with Crippen molar-refractivity contribution in [2.75, 3.05) is 26.4 Å². The second-order valence-electron chi connectivity index (χ2n) is 23.9. The Labute approximate surface area is 498 Å². The van der Waals surface area contributed by atoms with E-state index in [4.69, 9.17) is 28.4 Å². The molecule has 0 aromatic rings. The number of carbonyl (C=O) groups excluding carboxylic acids is 1. The number of ether oxygens (including phenoxy) is 6. The summed E-state index contributed by atoms with van der Waals surface area (Å²) in [5, 5.41) is 120. The average molecular weight is 1190 g/mol. The van der Waals surface area contributed by atoms with Gasteiger partial charge in [-0.05, 0) is 44.9 Å². The lowest BCUT2D eigenvalue weighted by molar-refractivity contribution is -0.379. The molecule has 0 radical (unpaired) electrons. The van der Waals surface area contributed by atoms with E-state index in [1.807, 2.05) is 6.08 Å². The Balaban J connectivity index is 1.47. The van der Waals surface area contributed by atoms with Crippen LogP contribution in [0.5, 0.6) is 0 Å². The molecule has 3 fully saturated rings. The number of aliphatic hydroxyl groups is 11. The standard InChI is InChI=1S/C64H119NO18/c1-3-5-7-9-11-13-15-17-19-21-22-23-24-25-26-27-29-31-33-35-37-39-41-48(69)47(65-52(70)42-40-38-36-34-32-30-28-20-18-16-14-12-10-8-6-4-2)46-78-62-58(76)55(73)60(50(44-67)80-62)83-64-59(77)56(74)61(51(45-68)81-64)82-63-57(75)54(72)53(71)49(43-66)79-63/h20,28,39,41,47-51,53-64,66-69,71-77H,3-19,21-27,29-38,40,42-46H2,1-2H3,(H,65,70)/b28-20-,41-39+. The number of aliphatic hydroxyl groups excluding tert-OH is 11. The Morgan fingerprint density at radius 1 is 0.422 bits per heavy atom. The summed E-state index contributed by atoms with van der Waals surface area (Å²) in [6.45, 7) is 1.74. The lowest BCUT2D eigenvalue weighted by Crippen LogP contribution is -2.66. The van der Waals surface area contributed by atoms with Gasteiger partial charge in [0.2, 0.25) is 5.91 Å². The summed E-state index contributed by atoms with van der Waals surface area (Å²) in [5.74, 6) is -0.282. The number of hydrogen-bond donors (Lipinski definition) is 12. The van der Waals surface area contributed by atoms with Crippen LogP contribution in [-0.2, 0) is 33.2 Å². The summed E-state index contributed by atoms with van der Waals surface area (Å²) in [5.41, 5.74) is 0. The summed E-state index contributed by atoms with van der Waals surface area (Å²) >= 11 is 0. The molecular weight excluding hydrogens is 1070 g/mol. The van der Waals surface area contributed by atoms with Gasteiger partial charge in [0.25, 0.3) is 0 Å². The molecule has 0 bridgehead atoms. The third-order valence-corrected chi connectivity index (χ3v) is 16.7. The van der Waals surface area contributed by atoms with Crippen molar-refractivity contribution in [3.63, 3.8) is 0 Å². The highest BCUT2D eigenvalue weighted by atomic mass is 16.8. The number of hydrogen-bond acceptors (Lipinski definition) is 18. The predicted molar refractivity (Wildman–Crippen MR) is 319 cm³/mol. The summed E-state index contributed by atoms with van der Waals surface area (Å²) in [6.07, 6.45) is 24.4. The van der Waals surface area contributed by atoms with Crippen molar-refractivity contribution in [1.29, 1.82) is 0 Å².